The van der Waals surface area contributed by atoms with Crippen LogP contribution in [0.2, 0.25) is 0 Å². The molecule has 0 unspecified atom stereocenters. The molecule has 0 aliphatic carbocycles. The number of anilines is 1. The van der Waals surface area contributed by atoms with E-state index < -0.39 is 9.84 Å². The predicted molar refractivity (Wildman–Crippen MR) is 118 cm³/mol. The number of sulfone groups is 1. The van der Waals surface area contributed by atoms with E-state index in [0.29, 0.717) is 11.0 Å². The number of amides is 1. The molecule has 1 amide bonds. The van der Waals surface area contributed by atoms with E-state index in [2.05, 4.69) is 15.5 Å². The molecule has 0 saturated heterocycles. The lowest BCUT2D eigenvalue weighted by atomic mass is 10.1. The Bertz CT molecular complexity index is 1170. The van der Waals surface area contributed by atoms with Crippen LogP contribution in [-0.4, -0.2) is 34.8 Å². The lowest BCUT2D eigenvalue weighted by Crippen LogP contribution is -2.15. The molecule has 9 heteroatoms. The zero-order chi connectivity index (χ0) is 21.9. The molecule has 0 aliphatic heterocycles. The number of aryl methyl sites for hydroxylation is 3. The van der Waals surface area contributed by atoms with Gasteiger partial charge in [-0.1, -0.05) is 47.2 Å². The number of carbonyl (C=O) groups excluding carboxylic acids is 1. The maximum absolute atomic E-state index is 12.6. The van der Waals surface area contributed by atoms with Gasteiger partial charge in [-0.15, -0.1) is 10.2 Å². The summed E-state index contributed by atoms with van der Waals surface area (Å²) in [7, 11) is -1.83. The van der Waals surface area contributed by atoms with Gasteiger partial charge in [-0.2, -0.15) is 0 Å². The fourth-order valence-electron chi connectivity index (χ4n) is 2.87. The molecule has 0 saturated carbocycles. The molecule has 1 N–H and O–H groups in total. The molecule has 0 bridgehead atoms. The lowest BCUT2D eigenvalue weighted by molar-refractivity contribution is -0.113. The predicted octanol–water partition coefficient (Wildman–Crippen LogP) is 3.45. The van der Waals surface area contributed by atoms with Crippen molar-refractivity contribution in [1.29, 1.82) is 0 Å². The number of aromatic nitrogens is 3. The molecule has 7 nitrogen and oxygen atoms in total. The topological polar surface area (TPSA) is 94.0 Å². The van der Waals surface area contributed by atoms with Crippen molar-refractivity contribution < 1.29 is 13.2 Å². The van der Waals surface area contributed by atoms with Gasteiger partial charge in [0, 0.05) is 12.7 Å². The third-order valence-electron chi connectivity index (χ3n) is 4.61. The number of thioether (sulfide) groups is 1. The number of hydrogen-bond donors (Lipinski definition) is 1. The molecule has 0 spiro atoms. The van der Waals surface area contributed by atoms with Crippen molar-refractivity contribution in [2.24, 2.45) is 7.05 Å². The van der Waals surface area contributed by atoms with E-state index in [0.717, 1.165) is 22.4 Å². The zero-order valence-corrected chi connectivity index (χ0v) is 19.0. The van der Waals surface area contributed by atoms with Crippen LogP contribution in [0.3, 0.4) is 0 Å². The van der Waals surface area contributed by atoms with Crippen LogP contribution < -0.4 is 5.32 Å². The molecule has 1 heterocycles. The normalized spacial score (nSPS) is 11.5. The fourth-order valence-corrected chi connectivity index (χ4v) is 4.90. The monoisotopic (exact) mass is 444 g/mol. The van der Waals surface area contributed by atoms with Gasteiger partial charge in [0.25, 0.3) is 0 Å². The van der Waals surface area contributed by atoms with E-state index in [1.165, 1.54) is 11.8 Å². The highest BCUT2D eigenvalue weighted by atomic mass is 32.2. The van der Waals surface area contributed by atoms with Crippen LogP contribution in [0, 0.1) is 20.8 Å². The van der Waals surface area contributed by atoms with Crippen molar-refractivity contribution in [2.45, 2.75) is 36.6 Å². The van der Waals surface area contributed by atoms with Crippen molar-refractivity contribution >= 4 is 33.2 Å². The summed E-state index contributed by atoms with van der Waals surface area (Å²) >= 11 is 1.21. The third-order valence-corrected chi connectivity index (χ3v) is 7.26. The molecular weight excluding hydrogens is 420 g/mol. The van der Waals surface area contributed by atoms with Crippen molar-refractivity contribution in [2.75, 3.05) is 11.1 Å². The van der Waals surface area contributed by atoms with E-state index in [1.807, 2.05) is 39.0 Å². The summed E-state index contributed by atoms with van der Waals surface area (Å²) in [5.74, 6) is 0.0513. The average molecular weight is 445 g/mol. The van der Waals surface area contributed by atoms with Crippen LogP contribution in [-0.2, 0) is 27.4 Å². The van der Waals surface area contributed by atoms with Crippen molar-refractivity contribution in [3.05, 3.63) is 65.0 Å². The largest absolute Gasteiger partial charge is 0.325 e. The molecular formula is C21H24N4O3S2. The van der Waals surface area contributed by atoms with Crippen LogP contribution in [0.5, 0.6) is 0 Å². The molecule has 0 aliphatic rings. The first-order chi connectivity index (χ1) is 14.2. The Morgan fingerprint density at radius 1 is 1.03 bits per heavy atom. The molecule has 30 heavy (non-hydrogen) atoms. The van der Waals surface area contributed by atoms with Gasteiger partial charge in [0.05, 0.1) is 10.6 Å². The van der Waals surface area contributed by atoms with E-state index >= 15 is 0 Å². The number of rotatable bonds is 7. The van der Waals surface area contributed by atoms with Gasteiger partial charge < -0.3 is 9.88 Å². The van der Waals surface area contributed by atoms with Crippen LogP contribution in [0.15, 0.2) is 52.5 Å². The highest BCUT2D eigenvalue weighted by molar-refractivity contribution is 7.99. The van der Waals surface area contributed by atoms with Crippen molar-refractivity contribution in [3.8, 4) is 0 Å². The van der Waals surface area contributed by atoms with E-state index in [-0.39, 0.29) is 22.3 Å². The van der Waals surface area contributed by atoms with E-state index in [9.17, 15) is 13.2 Å². The molecule has 0 atom stereocenters. The number of benzene rings is 2. The standard InChI is InChI=1S/C21H24N4O3S2/c1-14-5-8-17(9-6-14)30(27,28)13-19-23-24-21(25(19)4)29-12-20(26)22-18-10-7-15(2)11-16(18)3/h5-11H,12-13H2,1-4H3,(H,22,26). The molecule has 1 aromatic heterocycles. The molecule has 158 valence electrons. The van der Waals surface area contributed by atoms with Crippen molar-refractivity contribution in [1.82, 2.24) is 14.8 Å². The van der Waals surface area contributed by atoms with E-state index in [4.69, 9.17) is 0 Å². The Balaban J connectivity index is 1.63. The van der Waals surface area contributed by atoms with Gasteiger partial charge in [-0.05, 0) is 44.5 Å². The summed E-state index contributed by atoms with van der Waals surface area (Å²) in [6, 6.07) is 12.5. The highest BCUT2D eigenvalue weighted by Crippen LogP contribution is 2.21. The Morgan fingerprint density at radius 2 is 1.70 bits per heavy atom. The molecule has 0 radical (unpaired) electrons. The number of nitrogens with one attached hydrogen (secondary N) is 1. The van der Waals surface area contributed by atoms with Crippen LogP contribution in [0.4, 0.5) is 5.69 Å². The van der Waals surface area contributed by atoms with Crippen LogP contribution >= 0.6 is 11.8 Å². The Morgan fingerprint density at radius 3 is 2.37 bits per heavy atom. The minimum Gasteiger partial charge on any atom is -0.325 e. The summed E-state index contributed by atoms with van der Waals surface area (Å²) in [5, 5.41) is 11.4. The first-order valence-corrected chi connectivity index (χ1v) is 12.0. The Hall–Kier alpha value is -2.65. The Labute approximate surface area is 180 Å². The van der Waals surface area contributed by atoms with Crippen molar-refractivity contribution in [3.63, 3.8) is 0 Å². The zero-order valence-electron chi connectivity index (χ0n) is 17.3. The SMILES string of the molecule is Cc1ccc(S(=O)(=O)Cc2nnc(SCC(=O)Nc3ccc(C)cc3C)n2C)cc1. The van der Waals surface area contributed by atoms with Gasteiger partial charge in [0.2, 0.25) is 5.91 Å². The molecule has 3 rings (SSSR count). The molecule has 2 aromatic carbocycles. The smallest absolute Gasteiger partial charge is 0.234 e. The molecule has 0 fully saturated rings. The maximum atomic E-state index is 12.6. The first-order valence-electron chi connectivity index (χ1n) is 9.33. The minimum absolute atomic E-state index is 0.143. The van der Waals surface area contributed by atoms with Gasteiger partial charge >= 0.3 is 0 Å². The highest BCUT2D eigenvalue weighted by Gasteiger charge is 2.20. The van der Waals surface area contributed by atoms with Gasteiger partial charge in [-0.25, -0.2) is 8.42 Å². The second kappa shape index (κ2) is 9.01. The maximum Gasteiger partial charge on any atom is 0.234 e. The second-order valence-electron chi connectivity index (χ2n) is 7.19. The Kier molecular flexibility index (Phi) is 6.62. The van der Waals surface area contributed by atoms with E-state index in [1.54, 1.807) is 35.9 Å². The number of hydrogen-bond acceptors (Lipinski definition) is 6. The number of carbonyl (C=O) groups is 1. The second-order valence-corrected chi connectivity index (χ2v) is 10.1. The van der Waals surface area contributed by atoms with Gasteiger partial charge in [0.1, 0.15) is 11.6 Å². The van der Waals surface area contributed by atoms with Crippen LogP contribution in [0.25, 0.3) is 0 Å². The quantitative estimate of drug-likeness (QED) is 0.561. The average Bonchev–Trinajstić information content (AvgIpc) is 3.02. The molecule has 3 aromatic rings. The summed E-state index contributed by atoms with van der Waals surface area (Å²) in [5.41, 5.74) is 3.89. The summed E-state index contributed by atoms with van der Waals surface area (Å²) in [4.78, 5) is 12.5. The summed E-state index contributed by atoms with van der Waals surface area (Å²) in [6.07, 6.45) is 0. The number of nitrogens with zero attached hydrogens (tertiary/aromatic N) is 3. The summed E-state index contributed by atoms with van der Waals surface area (Å²) in [6.45, 7) is 5.84. The first kappa shape index (κ1) is 22.0. The minimum atomic E-state index is -3.53. The fraction of sp³-hybridized carbons (Fsp3) is 0.286. The third kappa shape index (κ3) is 5.28. The van der Waals surface area contributed by atoms with Gasteiger partial charge in [-0.3, -0.25) is 4.79 Å². The summed E-state index contributed by atoms with van der Waals surface area (Å²) < 4.78 is 26.9. The van der Waals surface area contributed by atoms with Gasteiger partial charge in [0.15, 0.2) is 15.0 Å². The van der Waals surface area contributed by atoms with Crippen LogP contribution in [0.1, 0.15) is 22.5 Å². The lowest BCUT2D eigenvalue weighted by Gasteiger charge is -2.09.